The molecule has 4 aliphatic heterocycles. The summed E-state index contributed by atoms with van der Waals surface area (Å²) in [6, 6.07) is 16.6. The Balaban J connectivity index is 0.818. The zero-order chi connectivity index (χ0) is 64.7. The average Bonchev–Trinajstić information content (AvgIpc) is 1.61. The fourth-order valence-corrected chi connectivity index (χ4v) is 11.2. The number of ether oxygens (including phenoxy) is 6. The number of benzene rings is 3. The lowest BCUT2D eigenvalue weighted by Crippen LogP contribution is -2.57. The molecule has 6 amide bonds. The number of imide groups is 1. The van der Waals surface area contributed by atoms with E-state index in [1.54, 1.807) is 24.3 Å². The topological polar surface area (TPSA) is 350 Å². The highest BCUT2D eigenvalue weighted by Gasteiger charge is 2.46. The molecule has 4 heterocycles. The Morgan fingerprint density at radius 3 is 2.49 bits per heavy atom. The summed E-state index contributed by atoms with van der Waals surface area (Å²) in [5.41, 5.74) is 23.5. The van der Waals surface area contributed by atoms with Crippen LogP contribution >= 0.6 is 0 Å². The Labute approximate surface area is 517 Å². The number of azide groups is 2. The number of hydrogen-bond donors (Lipinski definition) is 5. The van der Waals surface area contributed by atoms with Crippen molar-refractivity contribution in [3.05, 3.63) is 128 Å². The van der Waals surface area contributed by atoms with Gasteiger partial charge in [-0.3, -0.25) is 33.9 Å². The van der Waals surface area contributed by atoms with Crippen LogP contribution in [0.3, 0.4) is 0 Å². The van der Waals surface area contributed by atoms with E-state index >= 15 is 0 Å². The smallest absolute Gasteiger partial charge is 0.326 e. The van der Waals surface area contributed by atoms with Gasteiger partial charge < -0.3 is 49.3 Å². The number of nitrogens with one attached hydrogen (secondary N) is 4. The van der Waals surface area contributed by atoms with E-state index in [1.807, 2.05) is 66.7 Å². The molecule has 0 aliphatic carbocycles. The minimum Gasteiger partial charge on any atom is -0.491 e. The lowest BCUT2D eigenvalue weighted by molar-refractivity contribution is -0.436. The van der Waals surface area contributed by atoms with E-state index in [2.05, 4.69) is 94.7 Å². The normalized spacial score (nSPS) is 20.0. The number of rotatable bonds is 28. The van der Waals surface area contributed by atoms with Crippen LogP contribution in [0.4, 0.5) is 16.2 Å². The van der Waals surface area contributed by atoms with Gasteiger partial charge in [0.05, 0.1) is 54.8 Å². The van der Waals surface area contributed by atoms with Gasteiger partial charge in [0.15, 0.2) is 18.5 Å². The van der Waals surface area contributed by atoms with Gasteiger partial charge in [-0.25, -0.2) is 4.79 Å². The predicted molar refractivity (Wildman–Crippen MR) is 328 cm³/mol. The number of likely N-dealkylation sites (N-methyl/N-ethyl adjacent to an activating group) is 1. The molecule has 0 saturated carbocycles. The predicted octanol–water partition coefficient (Wildman–Crippen LogP) is 6.73. The third kappa shape index (κ3) is 17.9. The molecule has 28 heteroatoms. The second-order valence-electron chi connectivity index (χ2n) is 23.3. The maximum atomic E-state index is 13.3. The van der Waals surface area contributed by atoms with Gasteiger partial charge in [-0.1, -0.05) is 59.7 Å². The molecule has 0 spiro atoms. The monoisotopic (exact) mass is 1250 g/mol. The number of urea groups is 1. The first-order chi connectivity index (χ1) is 42.2. The molecular weight excluding hydrogens is 1170 g/mol. The number of aryl methyl sites for hydroxylation is 1. The summed E-state index contributed by atoms with van der Waals surface area (Å²) in [7, 11) is -4.39. The highest BCUT2D eigenvalue weighted by atomic mass is 32.2. The summed E-state index contributed by atoms with van der Waals surface area (Å²) in [5, 5.41) is 17.6. The summed E-state index contributed by atoms with van der Waals surface area (Å²) >= 11 is 0. The lowest BCUT2D eigenvalue weighted by Gasteiger charge is -2.34. The van der Waals surface area contributed by atoms with Gasteiger partial charge in [0.2, 0.25) is 23.4 Å². The van der Waals surface area contributed by atoms with Crippen molar-refractivity contribution < 1.29 is 69.9 Å². The van der Waals surface area contributed by atoms with Crippen molar-refractivity contribution in [2.24, 2.45) is 16.1 Å². The Kier molecular flexibility index (Phi) is 23.2. The number of nitrogens with zero attached hydrogens (tertiary/aromatic N) is 9. The fraction of sp³-hybridized carbons (Fsp3) is 0.508. The van der Waals surface area contributed by atoms with Crippen LogP contribution in [0.2, 0.25) is 0 Å². The third-order valence-corrected chi connectivity index (χ3v) is 16.1. The van der Waals surface area contributed by atoms with Crippen LogP contribution in [0.25, 0.3) is 20.9 Å². The average molecular weight is 1250 g/mol. The van der Waals surface area contributed by atoms with Gasteiger partial charge in [0.1, 0.15) is 43.9 Å². The minimum atomic E-state index is -4.39. The Hall–Kier alpha value is -8.35. The van der Waals surface area contributed by atoms with Crippen LogP contribution < -0.4 is 30.9 Å². The van der Waals surface area contributed by atoms with Gasteiger partial charge in [0.25, 0.3) is 16.0 Å². The van der Waals surface area contributed by atoms with E-state index in [4.69, 9.17) is 34.0 Å². The van der Waals surface area contributed by atoms with Gasteiger partial charge in [0, 0.05) is 82.5 Å². The van der Waals surface area contributed by atoms with Crippen LogP contribution in [-0.2, 0) is 59.0 Å². The van der Waals surface area contributed by atoms with E-state index in [9.17, 15) is 42.5 Å². The van der Waals surface area contributed by atoms with Gasteiger partial charge in [-0.2, -0.15) is 13.0 Å². The number of allylic oxidation sites excluding steroid dienone is 4. The first kappa shape index (κ1) is 68.1. The van der Waals surface area contributed by atoms with Gasteiger partial charge in [-0.15, -0.1) is 0 Å². The summed E-state index contributed by atoms with van der Waals surface area (Å²) in [4.78, 5) is 73.4. The molecule has 476 valence electrons. The standard InChI is InChI=1S/C61H77N13O14S/c1-10-72-46-22-20-43(89(80,81)82)32-45(46)61(8,9)50(72)17-12-18-51-60(6,7)44-30-39(2)19-21-47(44)73(51)27-23-52(75)65-25-26-66-56(77)40-14-11-16-42(31-40)85-37-54(69-71-63)84-29-28-83-36-53(76)64-24-13-15-41-34-74(58(79)68-57(41)78)55-33-48(86-38-67-70-62)49(88-55)35-87-59(3,4)5/h11-12,14,16-22,30-32,41,48-49,54-55H,10,23-29,33-38H2,1-9H3,(H4-,64,65,66,68,75,76,77,78,79,80,81,82)/p+1. The maximum absolute atomic E-state index is 13.3. The molecule has 7 rings (SSSR count). The van der Waals surface area contributed by atoms with E-state index in [-0.39, 0.29) is 101 Å². The van der Waals surface area contributed by atoms with Crippen LogP contribution in [0.5, 0.6) is 5.75 Å². The quantitative estimate of drug-likeness (QED) is 0.00957. The Morgan fingerprint density at radius 1 is 0.989 bits per heavy atom. The maximum Gasteiger partial charge on any atom is 0.326 e. The first-order valence-electron chi connectivity index (χ1n) is 29.1. The van der Waals surface area contributed by atoms with Crippen LogP contribution in [-0.4, -0.2) is 167 Å². The zero-order valence-corrected chi connectivity index (χ0v) is 52.3. The highest BCUT2D eigenvalue weighted by Crippen LogP contribution is 2.48. The van der Waals surface area contributed by atoms with Gasteiger partial charge in [-0.05, 0) is 114 Å². The molecule has 0 bridgehead atoms. The molecule has 4 aliphatic rings. The SMILES string of the molecule is CCN1/C(=C/C=C/C2=[N+](CCC(=O)NCCNC(=O)c3cccc(OCC(N=[N+]=[N-])OCCOCC(=O)NCC#CC4CN(C5CC(OCN=[N+]=[N-])C(COC(C)(C)C)O5)C(=O)NC4=O)c3)c3ccc(C)cc3C2(C)C)C(C)(C)c2cc(S(=O)(=O)O)ccc21. The summed E-state index contributed by atoms with van der Waals surface area (Å²) < 4.78 is 70.6. The minimum absolute atomic E-state index is 0.0616. The van der Waals surface area contributed by atoms with Crippen LogP contribution in [0, 0.1) is 24.7 Å². The van der Waals surface area contributed by atoms with Crippen LogP contribution in [0.15, 0.2) is 99.7 Å². The largest absolute Gasteiger partial charge is 0.491 e. The van der Waals surface area contributed by atoms with Crippen LogP contribution in [0.1, 0.15) is 95.3 Å². The molecule has 5 unspecified atom stereocenters. The Bertz CT molecular complexity index is 3520. The lowest BCUT2D eigenvalue weighted by atomic mass is 9.80. The number of hydrogen-bond acceptors (Lipinski definition) is 16. The number of carbonyl (C=O) groups excluding carboxylic acids is 5. The van der Waals surface area contributed by atoms with E-state index in [1.165, 1.54) is 23.1 Å². The summed E-state index contributed by atoms with van der Waals surface area (Å²) in [6.45, 7) is 18.3. The molecule has 5 N–H and O–H groups in total. The molecular formula is C61H78N13O14S+. The van der Waals surface area contributed by atoms with Crippen molar-refractivity contribution in [1.29, 1.82) is 0 Å². The number of carbonyl (C=O) groups is 5. The van der Waals surface area contributed by atoms with E-state index in [0.717, 1.165) is 39.5 Å². The molecule has 0 aromatic heterocycles. The van der Waals surface area contributed by atoms with E-state index < -0.39 is 80.9 Å². The number of amides is 6. The third-order valence-electron chi connectivity index (χ3n) is 15.2. The second-order valence-corrected chi connectivity index (χ2v) is 24.8. The molecule has 3 aromatic carbocycles. The molecule has 3 aromatic rings. The highest BCUT2D eigenvalue weighted by molar-refractivity contribution is 7.85. The zero-order valence-electron chi connectivity index (χ0n) is 51.5. The molecule has 89 heavy (non-hydrogen) atoms. The van der Waals surface area contributed by atoms with Gasteiger partial charge >= 0.3 is 6.03 Å². The number of anilines is 1. The van der Waals surface area contributed by atoms with Crippen molar-refractivity contribution in [2.45, 2.75) is 121 Å². The first-order valence-corrected chi connectivity index (χ1v) is 30.5. The molecule has 0 radical (unpaired) electrons. The van der Waals surface area contributed by atoms with Crippen molar-refractivity contribution in [3.8, 4) is 17.6 Å². The van der Waals surface area contributed by atoms with Crippen molar-refractivity contribution in [2.75, 3.05) is 83.9 Å². The molecule has 5 atom stereocenters. The second kappa shape index (κ2) is 30.2. The van der Waals surface area contributed by atoms with E-state index in [0.29, 0.717) is 13.1 Å². The molecule has 2 fully saturated rings. The summed E-state index contributed by atoms with van der Waals surface area (Å²) in [6.07, 6.45) is 3.45. The summed E-state index contributed by atoms with van der Waals surface area (Å²) in [5.74, 6) is 3.16. The van der Waals surface area contributed by atoms with Crippen molar-refractivity contribution in [1.82, 2.24) is 26.2 Å². The molecule has 27 nitrogen and oxygen atoms in total. The van der Waals surface area contributed by atoms with Crippen molar-refractivity contribution in [3.63, 3.8) is 0 Å². The fourth-order valence-electron chi connectivity index (χ4n) is 10.7. The number of fused-ring (bicyclic) bond motifs is 2. The molecule has 2 saturated heterocycles. The Morgan fingerprint density at radius 2 is 1.76 bits per heavy atom. The van der Waals surface area contributed by atoms with Crippen molar-refractivity contribution >= 4 is 56.9 Å².